The quantitative estimate of drug-likeness (QED) is 0.779. The zero-order valence-corrected chi connectivity index (χ0v) is 8.98. The van der Waals surface area contributed by atoms with E-state index >= 15 is 0 Å². The maximum Gasteiger partial charge on any atom is 0.0563 e. The minimum atomic E-state index is -0.160. The Hall–Kier alpha value is -0.890. The summed E-state index contributed by atoms with van der Waals surface area (Å²) in [6.07, 6.45) is 6.44. The number of hydrogen-bond donors (Lipinski definition) is 1. The first-order valence-electron chi connectivity index (χ1n) is 5.27. The van der Waals surface area contributed by atoms with Crippen molar-refractivity contribution in [1.82, 2.24) is 4.98 Å². The lowest BCUT2D eigenvalue weighted by Crippen LogP contribution is -2.14. The fraction of sp³-hybridized carbons (Fsp3) is 0.583. The molecule has 0 aromatic carbocycles. The highest BCUT2D eigenvalue weighted by atomic mass is 16.3. The number of aryl methyl sites for hydroxylation is 1. The van der Waals surface area contributed by atoms with Crippen LogP contribution in [0.3, 0.4) is 0 Å². The standard InChI is InChI=1S/C12H19NO/c1-10(2)12(14)7-3-5-11-6-4-8-13-9-11/h4,6,8-10,12,14H,3,5,7H2,1-2H3. The molecule has 1 N–H and O–H groups in total. The van der Waals surface area contributed by atoms with Gasteiger partial charge in [-0.2, -0.15) is 0 Å². The van der Waals surface area contributed by atoms with Gasteiger partial charge in [-0.3, -0.25) is 4.98 Å². The van der Waals surface area contributed by atoms with E-state index in [-0.39, 0.29) is 6.10 Å². The predicted octanol–water partition coefficient (Wildman–Crippen LogP) is 2.42. The average molecular weight is 193 g/mol. The molecule has 0 saturated carbocycles. The molecule has 0 bridgehead atoms. The van der Waals surface area contributed by atoms with Gasteiger partial charge in [-0.25, -0.2) is 0 Å². The summed E-state index contributed by atoms with van der Waals surface area (Å²) in [6, 6.07) is 4.03. The minimum Gasteiger partial charge on any atom is -0.393 e. The fourth-order valence-corrected chi connectivity index (χ4v) is 1.39. The van der Waals surface area contributed by atoms with Gasteiger partial charge in [0, 0.05) is 12.4 Å². The minimum absolute atomic E-state index is 0.160. The number of aliphatic hydroxyl groups is 1. The highest BCUT2D eigenvalue weighted by molar-refractivity contribution is 5.08. The Morgan fingerprint density at radius 2 is 2.21 bits per heavy atom. The second kappa shape index (κ2) is 5.76. The molecular formula is C12H19NO. The summed E-state index contributed by atoms with van der Waals surface area (Å²) in [7, 11) is 0. The zero-order valence-electron chi connectivity index (χ0n) is 8.98. The smallest absolute Gasteiger partial charge is 0.0563 e. The molecule has 0 aliphatic rings. The van der Waals surface area contributed by atoms with Crippen LogP contribution in [0, 0.1) is 5.92 Å². The monoisotopic (exact) mass is 193 g/mol. The molecule has 1 aromatic rings. The van der Waals surface area contributed by atoms with E-state index < -0.39 is 0 Å². The number of rotatable bonds is 5. The van der Waals surface area contributed by atoms with Crippen LogP contribution < -0.4 is 0 Å². The van der Waals surface area contributed by atoms with E-state index in [0.717, 1.165) is 19.3 Å². The lowest BCUT2D eigenvalue weighted by Gasteiger charge is -2.13. The van der Waals surface area contributed by atoms with Gasteiger partial charge in [-0.05, 0) is 36.8 Å². The Bertz CT molecular complexity index is 246. The van der Waals surface area contributed by atoms with Crippen LogP contribution in [-0.2, 0) is 6.42 Å². The van der Waals surface area contributed by atoms with Crippen molar-refractivity contribution in [2.24, 2.45) is 5.92 Å². The Labute approximate surface area is 86.0 Å². The zero-order chi connectivity index (χ0) is 10.4. The molecular weight excluding hydrogens is 174 g/mol. The molecule has 78 valence electrons. The first-order valence-corrected chi connectivity index (χ1v) is 5.27. The molecule has 0 aliphatic heterocycles. The van der Waals surface area contributed by atoms with Crippen molar-refractivity contribution in [2.45, 2.75) is 39.2 Å². The van der Waals surface area contributed by atoms with Gasteiger partial charge in [-0.1, -0.05) is 19.9 Å². The molecule has 1 heterocycles. The summed E-state index contributed by atoms with van der Waals surface area (Å²) in [5.74, 6) is 0.365. The van der Waals surface area contributed by atoms with Gasteiger partial charge < -0.3 is 5.11 Å². The first-order chi connectivity index (χ1) is 6.70. The van der Waals surface area contributed by atoms with Crippen molar-refractivity contribution >= 4 is 0 Å². The van der Waals surface area contributed by atoms with Gasteiger partial charge in [0.15, 0.2) is 0 Å². The van der Waals surface area contributed by atoms with Gasteiger partial charge in [0.2, 0.25) is 0 Å². The normalized spacial score (nSPS) is 13.1. The first kappa shape index (κ1) is 11.2. The lowest BCUT2D eigenvalue weighted by atomic mass is 10.00. The SMILES string of the molecule is CC(C)C(O)CCCc1cccnc1. The molecule has 0 aliphatic carbocycles. The summed E-state index contributed by atoms with van der Waals surface area (Å²) in [6.45, 7) is 4.10. The third kappa shape index (κ3) is 3.88. The molecule has 0 amide bonds. The third-order valence-electron chi connectivity index (χ3n) is 2.46. The second-order valence-electron chi connectivity index (χ2n) is 4.06. The molecule has 2 heteroatoms. The molecule has 0 spiro atoms. The van der Waals surface area contributed by atoms with Gasteiger partial charge in [-0.15, -0.1) is 0 Å². The molecule has 1 aromatic heterocycles. The lowest BCUT2D eigenvalue weighted by molar-refractivity contribution is 0.114. The van der Waals surface area contributed by atoms with Gasteiger partial charge in [0.1, 0.15) is 0 Å². The molecule has 1 rings (SSSR count). The summed E-state index contributed by atoms with van der Waals surface area (Å²) in [5.41, 5.74) is 1.25. The van der Waals surface area contributed by atoms with E-state index in [1.807, 2.05) is 12.3 Å². The second-order valence-corrected chi connectivity index (χ2v) is 4.06. The summed E-state index contributed by atoms with van der Waals surface area (Å²) < 4.78 is 0. The van der Waals surface area contributed by atoms with Crippen molar-refractivity contribution in [2.75, 3.05) is 0 Å². The maximum absolute atomic E-state index is 9.59. The Kier molecular flexibility index (Phi) is 4.60. The molecule has 0 saturated heterocycles. The molecule has 0 radical (unpaired) electrons. The maximum atomic E-state index is 9.59. The van der Waals surface area contributed by atoms with Crippen LogP contribution in [0.5, 0.6) is 0 Å². The van der Waals surface area contributed by atoms with E-state index in [1.165, 1.54) is 5.56 Å². The third-order valence-corrected chi connectivity index (χ3v) is 2.46. The molecule has 0 fully saturated rings. The van der Waals surface area contributed by atoms with E-state index in [1.54, 1.807) is 6.20 Å². The largest absolute Gasteiger partial charge is 0.393 e. The van der Waals surface area contributed by atoms with E-state index in [4.69, 9.17) is 0 Å². The average Bonchev–Trinajstić information content (AvgIpc) is 2.19. The van der Waals surface area contributed by atoms with Gasteiger partial charge >= 0.3 is 0 Å². The number of hydrogen-bond acceptors (Lipinski definition) is 2. The van der Waals surface area contributed by atoms with Crippen LogP contribution in [0.2, 0.25) is 0 Å². The number of nitrogens with zero attached hydrogens (tertiary/aromatic N) is 1. The van der Waals surface area contributed by atoms with Crippen molar-refractivity contribution in [3.05, 3.63) is 30.1 Å². The van der Waals surface area contributed by atoms with Crippen molar-refractivity contribution < 1.29 is 5.11 Å². The molecule has 1 atom stereocenters. The highest BCUT2D eigenvalue weighted by Gasteiger charge is 2.07. The van der Waals surface area contributed by atoms with E-state index in [2.05, 4.69) is 24.9 Å². The van der Waals surface area contributed by atoms with Crippen LogP contribution in [0.4, 0.5) is 0 Å². The summed E-state index contributed by atoms with van der Waals surface area (Å²) in [4.78, 5) is 4.06. The number of pyridine rings is 1. The van der Waals surface area contributed by atoms with Crippen LogP contribution in [0.15, 0.2) is 24.5 Å². The van der Waals surface area contributed by atoms with E-state index in [0.29, 0.717) is 5.92 Å². The predicted molar refractivity (Wildman–Crippen MR) is 58.0 cm³/mol. The van der Waals surface area contributed by atoms with Crippen LogP contribution in [-0.4, -0.2) is 16.2 Å². The van der Waals surface area contributed by atoms with Crippen LogP contribution >= 0.6 is 0 Å². The fourth-order valence-electron chi connectivity index (χ4n) is 1.39. The van der Waals surface area contributed by atoms with Crippen molar-refractivity contribution in [3.63, 3.8) is 0 Å². The number of aliphatic hydroxyl groups excluding tert-OH is 1. The topological polar surface area (TPSA) is 33.1 Å². The summed E-state index contributed by atoms with van der Waals surface area (Å²) >= 11 is 0. The Morgan fingerprint density at radius 1 is 1.43 bits per heavy atom. The molecule has 2 nitrogen and oxygen atoms in total. The van der Waals surface area contributed by atoms with Gasteiger partial charge in [0.05, 0.1) is 6.10 Å². The number of aromatic nitrogens is 1. The van der Waals surface area contributed by atoms with E-state index in [9.17, 15) is 5.11 Å². The van der Waals surface area contributed by atoms with Crippen molar-refractivity contribution in [1.29, 1.82) is 0 Å². The van der Waals surface area contributed by atoms with Crippen LogP contribution in [0.25, 0.3) is 0 Å². The Balaban J connectivity index is 2.22. The van der Waals surface area contributed by atoms with Crippen LogP contribution in [0.1, 0.15) is 32.3 Å². The Morgan fingerprint density at radius 3 is 2.79 bits per heavy atom. The highest BCUT2D eigenvalue weighted by Crippen LogP contribution is 2.10. The summed E-state index contributed by atoms with van der Waals surface area (Å²) in [5, 5.41) is 9.59. The molecule has 1 unspecified atom stereocenters. The van der Waals surface area contributed by atoms with Gasteiger partial charge in [0.25, 0.3) is 0 Å². The molecule has 14 heavy (non-hydrogen) atoms. The van der Waals surface area contributed by atoms with Crippen molar-refractivity contribution in [3.8, 4) is 0 Å².